The minimum Gasteiger partial charge on any atom is -0.378 e. The van der Waals surface area contributed by atoms with Gasteiger partial charge in [-0.15, -0.1) is 11.3 Å². The highest BCUT2D eigenvalue weighted by atomic mass is 35.5. The molecule has 0 atom stereocenters. The molecule has 1 N–H and O–H groups in total. The van der Waals surface area contributed by atoms with Crippen molar-refractivity contribution in [1.29, 1.82) is 0 Å². The fourth-order valence-corrected chi connectivity index (χ4v) is 4.67. The number of unbranched alkanes of at least 4 members (excludes halogenated alkanes) is 1. The predicted octanol–water partition coefficient (Wildman–Crippen LogP) is 5.14. The number of ether oxygens (including phenoxy) is 1. The molecule has 1 aromatic heterocycles. The maximum atomic E-state index is 12.5. The summed E-state index contributed by atoms with van der Waals surface area (Å²) >= 11 is 7.90. The second kappa shape index (κ2) is 9.57. The molecule has 7 heteroatoms. The van der Waals surface area contributed by atoms with Crippen LogP contribution in [0.3, 0.4) is 0 Å². The van der Waals surface area contributed by atoms with E-state index in [4.69, 9.17) is 16.3 Å². The largest absolute Gasteiger partial charge is 0.378 e. The third-order valence-electron chi connectivity index (χ3n) is 4.97. The van der Waals surface area contributed by atoms with Gasteiger partial charge in [0.1, 0.15) is 0 Å². The lowest BCUT2D eigenvalue weighted by Crippen LogP contribution is -2.36. The number of hydrogen-bond acceptors (Lipinski definition) is 5. The second-order valence-electron chi connectivity index (χ2n) is 7.09. The molecule has 2 heterocycles. The summed E-state index contributed by atoms with van der Waals surface area (Å²) in [5.41, 5.74) is 2.83. The minimum atomic E-state index is 0.0195. The first kappa shape index (κ1) is 20.1. The van der Waals surface area contributed by atoms with Gasteiger partial charge in [0, 0.05) is 24.5 Å². The number of amides is 1. The minimum absolute atomic E-state index is 0.0195. The Balaban J connectivity index is 1.29. The quantitative estimate of drug-likeness (QED) is 0.528. The molecule has 1 amide bonds. The van der Waals surface area contributed by atoms with E-state index in [1.54, 1.807) is 11.3 Å². The van der Waals surface area contributed by atoms with Gasteiger partial charge in [-0.2, -0.15) is 0 Å². The zero-order valence-corrected chi connectivity index (χ0v) is 17.8. The number of halogens is 1. The molecular weight excluding hydrogens is 406 g/mol. The van der Waals surface area contributed by atoms with Crippen LogP contribution in [0, 0.1) is 0 Å². The number of nitrogens with zero attached hydrogens (tertiary/aromatic N) is 2. The highest BCUT2D eigenvalue weighted by molar-refractivity contribution is 7.18. The van der Waals surface area contributed by atoms with Gasteiger partial charge in [0.05, 0.1) is 39.8 Å². The Morgan fingerprint density at radius 3 is 2.83 bits per heavy atom. The maximum absolute atomic E-state index is 12.5. The Hall–Kier alpha value is -2.15. The smallest absolute Gasteiger partial charge is 0.224 e. The lowest BCUT2D eigenvalue weighted by atomic mass is 10.1. The van der Waals surface area contributed by atoms with Crippen molar-refractivity contribution in [1.82, 2.24) is 4.98 Å². The van der Waals surface area contributed by atoms with Gasteiger partial charge in [0.2, 0.25) is 5.91 Å². The third kappa shape index (κ3) is 5.26. The van der Waals surface area contributed by atoms with Gasteiger partial charge in [-0.1, -0.05) is 23.7 Å². The lowest BCUT2D eigenvalue weighted by Gasteiger charge is -2.30. The van der Waals surface area contributed by atoms with Crippen molar-refractivity contribution in [3.8, 4) is 0 Å². The molecule has 0 bridgehead atoms. The molecular formula is C22H24ClN3O2S. The standard InChI is InChI=1S/C22H24ClN3O2S/c23-16-9-10-19(26-11-13-28-14-12-26)18(15-16)24-21(27)7-3-4-8-22-25-17-5-1-2-6-20(17)29-22/h1-2,5-6,9-10,15H,3-4,7-8,11-14H2,(H,24,27). The van der Waals surface area contributed by atoms with E-state index in [0.717, 1.165) is 54.3 Å². The van der Waals surface area contributed by atoms with Crippen LogP contribution in [0.2, 0.25) is 5.02 Å². The van der Waals surface area contributed by atoms with E-state index in [-0.39, 0.29) is 5.91 Å². The van der Waals surface area contributed by atoms with E-state index in [0.29, 0.717) is 24.7 Å². The maximum Gasteiger partial charge on any atom is 0.224 e. The van der Waals surface area contributed by atoms with Gasteiger partial charge in [0.25, 0.3) is 0 Å². The van der Waals surface area contributed by atoms with Gasteiger partial charge >= 0.3 is 0 Å². The molecule has 0 spiro atoms. The van der Waals surface area contributed by atoms with E-state index >= 15 is 0 Å². The summed E-state index contributed by atoms with van der Waals surface area (Å²) in [5, 5.41) is 4.80. The van der Waals surface area contributed by atoms with Gasteiger partial charge in [0.15, 0.2) is 0 Å². The summed E-state index contributed by atoms with van der Waals surface area (Å²) in [6.45, 7) is 3.02. The Labute approximate surface area is 179 Å². The number of anilines is 2. The van der Waals surface area contributed by atoms with Crippen LogP contribution in [0.4, 0.5) is 11.4 Å². The molecule has 0 saturated carbocycles. The molecule has 0 radical (unpaired) electrons. The number of benzene rings is 2. The predicted molar refractivity (Wildman–Crippen MR) is 120 cm³/mol. The van der Waals surface area contributed by atoms with Gasteiger partial charge < -0.3 is 15.0 Å². The molecule has 0 unspecified atom stereocenters. The number of rotatable bonds is 7. The van der Waals surface area contributed by atoms with E-state index in [2.05, 4.69) is 21.3 Å². The molecule has 1 saturated heterocycles. The number of hydrogen-bond donors (Lipinski definition) is 1. The summed E-state index contributed by atoms with van der Waals surface area (Å²) in [7, 11) is 0. The zero-order valence-electron chi connectivity index (χ0n) is 16.2. The Morgan fingerprint density at radius 2 is 2.00 bits per heavy atom. The molecule has 1 fully saturated rings. The average Bonchev–Trinajstić information content (AvgIpc) is 3.15. The number of carbonyl (C=O) groups is 1. The van der Waals surface area contributed by atoms with Crippen LogP contribution in [-0.4, -0.2) is 37.2 Å². The monoisotopic (exact) mass is 429 g/mol. The Bertz CT molecular complexity index is 952. The number of aryl methyl sites for hydroxylation is 1. The third-order valence-corrected chi connectivity index (χ3v) is 6.30. The molecule has 3 aromatic rings. The lowest BCUT2D eigenvalue weighted by molar-refractivity contribution is -0.116. The highest BCUT2D eigenvalue weighted by Crippen LogP contribution is 2.30. The van der Waals surface area contributed by atoms with Gasteiger partial charge in [-0.05, 0) is 49.6 Å². The Morgan fingerprint density at radius 1 is 1.17 bits per heavy atom. The molecule has 152 valence electrons. The summed E-state index contributed by atoms with van der Waals surface area (Å²) in [4.78, 5) is 19.4. The van der Waals surface area contributed by atoms with E-state index in [1.165, 1.54) is 4.70 Å². The van der Waals surface area contributed by atoms with Crippen molar-refractivity contribution >= 4 is 50.4 Å². The van der Waals surface area contributed by atoms with Crippen LogP contribution >= 0.6 is 22.9 Å². The van der Waals surface area contributed by atoms with Crippen LogP contribution in [0.5, 0.6) is 0 Å². The van der Waals surface area contributed by atoms with Crippen molar-refractivity contribution in [3.05, 3.63) is 52.5 Å². The first-order valence-corrected chi connectivity index (χ1v) is 11.1. The number of morpholine rings is 1. The molecule has 1 aliphatic rings. The highest BCUT2D eigenvalue weighted by Gasteiger charge is 2.16. The number of aromatic nitrogens is 1. The van der Waals surface area contributed by atoms with E-state index in [9.17, 15) is 4.79 Å². The molecule has 1 aliphatic heterocycles. The Kier molecular flexibility index (Phi) is 6.64. The SMILES string of the molecule is O=C(CCCCc1nc2ccccc2s1)Nc1cc(Cl)ccc1N1CCOCC1. The topological polar surface area (TPSA) is 54.5 Å². The fraction of sp³-hybridized carbons (Fsp3) is 0.364. The zero-order chi connectivity index (χ0) is 20.1. The van der Waals surface area contributed by atoms with Crippen LogP contribution in [-0.2, 0) is 16.0 Å². The number of carbonyl (C=O) groups excluding carboxylic acids is 1. The van der Waals surface area contributed by atoms with Crippen LogP contribution in [0.25, 0.3) is 10.2 Å². The van der Waals surface area contributed by atoms with E-state index in [1.807, 2.05) is 36.4 Å². The molecule has 0 aliphatic carbocycles. The number of thiazole rings is 1. The number of fused-ring (bicyclic) bond motifs is 1. The van der Waals surface area contributed by atoms with Crippen molar-refractivity contribution in [2.45, 2.75) is 25.7 Å². The van der Waals surface area contributed by atoms with Crippen molar-refractivity contribution in [2.24, 2.45) is 0 Å². The normalized spacial score (nSPS) is 14.3. The molecule has 2 aromatic carbocycles. The first-order valence-electron chi connectivity index (χ1n) is 9.95. The molecule has 5 nitrogen and oxygen atoms in total. The van der Waals surface area contributed by atoms with Crippen molar-refractivity contribution in [2.75, 3.05) is 36.5 Å². The van der Waals surface area contributed by atoms with Crippen molar-refractivity contribution in [3.63, 3.8) is 0 Å². The summed E-state index contributed by atoms with van der Waals surface area (Å²) in [6.07, 6.45) is 3.16. The fourth-order valence-electron chi connectivity index (χ4n) is 3.49. The first-order chi connectivity index (χ1) is 14.2. The molecule has 29 heavy (non-hydrogen) atoms. The summed E-state index contributed by atoms with van der Waals surface area (Å²) in [6, 6.07) is 13.8. The molecule has 4 rings (SSSR count). The average molecular weight is 430 g/mol. The van der Waals surface area contributed by atoms with Crippen molar-refractivity contribution < 1.29 is 9.53 Å². The summed E-state index contributed by atoms with van der Waals surface area (Å²) < 4.78 is 6.65. The number of nitrogens with one attached hydrogen (secondary N) is 1. The van der Waals surface area contributed by atoms with Gasteiger partial charge in [-0.3, -0.25) is 4.79 Å². The van der Waals surface area contributed by atoms with E-state index < -0.39 is 0 Å². The number of para-hydroxylation sites is 1. The summed E-state index contributed by atoms with van der Waals surface area (Å²) in [5.74, 6) is 0.0195. The second-order valence-corrected chi connectivity index (χ2v) is 8.64. The van der Waals surface area contributed by atoms with Crippen LogP contribution in [0.15, 0.2) is 42.5 Å². The van der Waals surface area contributed by atoms with Gasteiger partial charge in [-0.25, -0.2) is 4.98 Å². The van der Waals surface area contributed by atoms with Crippen LogP contribution < -0.4 is 10.2 Å². The van der Waals surface area contributed by atoms with Crippen LogP contribution in [0.1, 0.15) is 24.3 Å².